The van der Waals surface area contributed by atoms with E-state index in [9.17, 15) is 4.39 Å². The zero-order chi connectivity index (χ0) is 14.9. The Bertz CT molecular complexity index is 605. The predicted molar refractivity (Wildman–Crippen MR) is 82.7 cm³/mol. The minimum Gasteiger partial charge on any atom is -0.320 e. The average Bonchev–Trinajstić information content (AvgIpc) is 2.42. The minimum atomic E-state index is -0.344. The number of rotatable bonds is 3. The highest BCUT2D eigenvalue weighted by Gasteiger charge is 2.15. The van der Waals surface area contributed by atoms with Gasteiger partial charge in [-0.05, 0) is 47.2 Å². The molecule has 2 aromatic rings. The fourth-order valence-electron chi connectivity index (χ4n) is 2.19. The number of aryl methyl sites for hydroxylation is 1. The molecule has 1 atom stereocenters. The molecule has 0 aliphatic heterocycles. The highest BCUT2D eigenvalue weighted by molar-refractivity contribution is 6.31. The van der Waals surface area contributed by atoms with Crippen LogP contribution in [0.3, 0.4) is 0 Å². The molecule has 2 aromatic carbocycles. The summed E-state index contributed by atoms with van der Waals surface area (Å²) >= 11 is 6.11. The number of hydrogen-bond acceptors (Lipinski definition) is 1. The Hall–Kier alpha value is -1.38. The van der Waals surface area contributed by atoms with Crippen molar-refractivity contribution in [1.82, 2.24) is 0 Å². The summed E-state index contributed by atoms with van der Waals surface area (Å²) in [5.41, 5.74) is 9.80. The SMILES string of the molecule is Cc1cc(C(N)c2ccc(C(C)C)cc2)c(Cl)cc1F. The normalized spacial score (nSPS) is 12.8. The molecule has 20 heavy (non-hydrogen) atoms. The summed E-state index contributed by atoms with van der Waals surface area (Å²) in [5, 5.41) is 0.369. The minimum absolute atomic E-state index is 0.305. The van der Waals surface area contributed by atoms with Gasteiger partial charge in [-0.1, -0.05) is 49.7 Å². The van der Waals surface area contributed by atoms with Crippen molar-refractivity contribution in [2.75, 3.05) is 0 Å². The van der Waals surface area contributed by atoms with Crippen LogP contribution in [0.15, 0.2) is 36.4 Å². The summed E-state index contributed by atoms with van der Waals surface area (Å²) in [5.74, 6) is 0.179. The van der Waals surface area contributed by atoms with Gasteiger partial charge in [-0.3, -0.25) is 0 Å². The van der Waals surface area contributed by atoms with Crippen LogP contribution in [0.4, 0.5) is 4.39 Å². The molecule has 0 bridgehead atoms. The van der Waals surface area contributed by atoms with Gasteiger partial charge in [-0.15, -0.1) is 0 Å². The van der Waals surface area contributed by atoms with Crippen molar-refractivity contribution in [3.8, 4) is 0 Å². The zero-order valence-corrected chi connectivity index (χ0v) is 12.7. The van der Waals surface area contributed by atoms with Gasteiger partial charge in [-0.25, -0.2) is 4.39 Å². The average molecular weight is 292 g/mol. The molecule has 0 saturated carbocycles. The number of nitrogens with two attached hydrogens (primary N) is 1. The fourth-order valence-corrected chi connectivity index (χ4v) is 2.45. The second kappa shape index (κ2) is 5.94. The van der Waals surface area contributed by atoms with Gasteiger partial charge in [0.05, 0.1) is 6.04 Å². The molecule has 0 saturated heterocycles. The lowest BCUT2D eigenvalue weighted by Crippen LogP contribution is -2.13. The standard InChI is InChI=1S/C17H19ClFN/c1-10(2)12-4-6-13(7-5-12)17(20)14-8-11(3)16(19)9-15(14)18/h4-10,17H,20H2,1-3H3. The van der Waals surface area contributed by atoms with Crippen molar-refractivity contribution in [3.05, 3.63) is 69.5 Å². The summed E-state index contributed by atoms with van der Waals surface area (Å²) in [6.45, 7) is 6.01. The van der Waals surface area contributed by atoms with Gasteiger partial charge < -0.3 is 5.73 Å². The molecule has 2 N–H and O–H groups in total. The van der Waals surface area contributed by atoms with Crippen LogP contribution in [0.5, 0.6) is 0 Å². The van der Waals surface area contributed by atoms with Crippen LogP contribution in [0.2, 0.25) is 5.02 Å². The molecule has 1 nitrogen and oxygen atoms in total. The molecular weight excluding hydrogens is 273 g/mol. The van der Waals surface area contributed by atoms with Crippen molar-refractivity contribution in [3.63, 3.8) is 0 Å². The summed E-state index contributed by atoms with van der Waals surface area (Å²) in [4.78, 5) is 0. The summed E-state index contributed by atoms with van der Waals surface area (Å²) in [6.07, 6.45) is 0. The number of halogens is 2. The van der Waals surface area contributed by atoms with Crippen molar-refractivity contribution in [2.24, 2.45) is 5.73 Å². The van der Waals surface area contributed by atoms with E-state index in [0.717, 1.165) is 11.1 Å². The molecule has 0 heterocycles. The van der Waals surface area contributed by atoms with E-state index in [4.69, 9.17) is 17.3 Å². The van der Waals surface area contributed by atoms with E-state index in [1.165, 1.54) is 11.6 Å². The van der Waals surface area contributed by atoms with Gasteiger partial charge in [0, 0.05) is 5.02 Å². The van der Waals surface area contributed by atoms with Crippen LogP contribution in [0, 0.1) is 12.7 Å². The van der Waals surface area contributed by atoms with Gasteiger partial charge >= 0.3 is 0 Å². The van der Waals surface area contributed by atoms with E-state index in [1.54, 1.807) is 13.0 Å². The first kappa shape index (κ1) is 15.0. The Morgan fingerprint density at radius 2 is 1.60 bits per heavy atom. The van der Waals surface area contributed by atoms with E-state index in [-0.39, 0.29) is 11.9 Å². The third kappa shape index (κ3) is 3.02. The van der Waals surface area contributed by atoms with Crippen LogP contribution in [0.25, 0.3) is 0 Å². The Morgan fingerprint density at radius 1 is 1.05 bits per heavy atom. The van der Waals surface area contributed by atoms with Crippen LogP contribution in [-0.2, 0) is 0 Å². The number of hydrogen-bond donors (Lipinski definition) is 1. The Kier molecular flexibility index (Phi) is 4.46. The molecular formula is C17H19ClFN. The third-order valence-electron chi connectivity index (χ3n) is 3.58. The van der Waals surface area contributed by atoms with Gasteiger partial charge in [0.15, 0.2) is 0 Å². The van der Waals surface area contributed by atoms with Crippen LogP contribution < -0.4 is 5.73 Å². The van der Waals surface area contributed by atoms with Crippen LogP contribution in [0.1, 0.15) is 48.1 Å². The molecule has 0 aromatic heterocycles. The lowest BCUT2D eigenvalue weighted by atomic mass is 9.95. The van der Waals surface area contributed by atoms with Crippen molar-refractivity contribution in [1.29, 1.82) is 0 Å². The monoisotopic (exact) mass is 291 g/mol. The summed E-state index contributed by atoms with van der Waals surface area (Å²) in [7, 11) is 0. The molecule has 3 heteroatoms. The molecule has 0 radical (unpaired) electrons. The molecule has 1 unspecified atom stereocenters. The molecule has 0 aliphatic carbocycles. The molecule has 2 rings (SSSR count). The first-order valence-electron chi connectivity index (χ1n) is 6.71. The molecule has 0 aliphatic rings. The van der Waals surface area contributed by atoms with Crippen molar-refractivity contribution >= 4 is 11.6 Å². The topological polar surface area (TPSA) is 26.0 Å². The van der Waals surface area contributed by atoms with Crippen molar-refractivity contribution < 1.29 is 4.39 Å². The van der Waals surface area contributed by atoms with E-state index < -0.39 is 0 Å². The Morgan fingerprint density at radius 3 is 2.15 bits per heavy atom. The van der Waals surface area contributed by atoms with E-state index >= 15 is 0 Å². The quantitative estimate of drug-likeness (QED) is 0.850. The maximum Gasteiger partial charge on any atom is 0.127 e. The van der Waals surface area contributed by atoms with Gasteiger partial charge in [0.25, 0.3) is 0 Å². The predicted octanol–water partition coefficient (Wildman–Crippen LogP) is 4.96. The van der Waals surface area contributed by atoms with E-state index in [2.05, 4.69) is 26.0 Å². The van der Waals surface area contributed by atoms with E-state index in [1.807, 2.05) is 12.1 Å². The van der Waals surface area contributed by atoms with Gasteiger partial charge in [0.1, 0.15) is 5.82 Å². The Balaban J connectivity index is 2.36. The molecule has 0 spiro atoms. The largest absolute Gasteiger partial charge is 0.320 e. The highest BCUT2D eigenvalue weighted by atomic mass is 35.5. The highest BCUT2D eigenvalue weighted by Crippen LogP contribution is 2.29. The van der Waals surface area contributed by atoms with Gasteiger partial charge in [0.2, 0.25) is 0 Å². The second-order valence-corrected chi connectivity index (χ2v) is 5.83. The zero-order valence-electron chi connectivity index (χ0n) is 12.0. The lowest BCUT2D eigenvalue weighted by Gasteiger charge is -2.16. The van der Waals surface area contributed by atoms with E-state index in [0.29, 0.717) is 16.5 Å². The van der Waals surface area contributed by atoms with Crippen LogP contribution in [-0.4, -0.2) is 0 Å². The third-order valence-corrected chi connectivity index (χ3v) is 3.90. The maximum atomic E-state index is 13.4. The molecule has 106 valence electrons. The van der Waals surface area contributed by atoms with Crippen molar-refractivity contribution in [2.45, 2.75) is 32.7 Å². The van der Waals surface area contributed by atoms with Crippen LogP contribution >= 0.6 is 11.6 Å². The molecule has 0 amide bonds. The second-order valence-electron chi connectivity index (χ2n) is 5.42. The lowest BCUT2D eigenvalue weighted by molar-refractivity contribution is 0.617. The fraction of sp³-hybridized carbons (Fsp3) is 0.294. The van der Waals surface area contributed by atoms with Gasteiger partial charge in [-0.2, -0.15) is 0 Å². The summed E-state index contributed by atoms with van der Waals surface area (Å²) in [6, 6.07) is 10.9. The first-order valence-corrected chi connectivity index (χ1v) is 7.09. The summed E-state index contributed by atoms with van der Waals surface area (Å²) < 4.78 is 13.4. The Labute approximate surface area is 124 Å². The smallest absolute Gasteiger partial charge is 0.127 e. The molecule has 0 fully saturated rings. The first-order chi connectivity index (χ1) is 9.40. The maximum absolute atomic E-state index is 13.4. The number of benzene rings is 2.